The molecule has 26 heavy (non-hydrogen) atoms. The Morgan fingerprint density at radius 1 is 1.42 bits per heavy atom. The van der Waals surface area contributed by atoms with E-state index in [1.165, 1.54) is 12.4 Å². The number of imidazole rings is 1. The van der Waals surface area contributed by atoms with Gasteiger partial charge in [0.2, 0.25) is 5.91 Å². The largest absolute Gasteiger partial charge is 0.354 e. The summed E-state index contributed by atoms with van der Waals surface area (Å²) >= 11 is 1.79. The zero-order chi connectivity index (χ0) is 18.5. The number of nitrogens with one attached hydrogen (secondary N) is 1. The van der Waals surface area contributed by atoms with Crippen molar-refractivity contribution in [3.8, 4) is 0 Å². The first-order valence-corrected chi connectivity index (χ1v) is 9.92. The van der Waals surface area contributed by atoms with Crippen LogP contribution in [0.3, 0.4) is 0 Å². The molecule has 0 spiro atoms. The topological polar surface area (TPSA) is 85.2 Å². The monoisotopic (exact) mass is 376 g/mol. The molecule has 1 amide bonds. The third-order valence-corrected chi connectivity index (χ3v) is 4.79. The van der Waals surface area contributed by atoms with Crippen molar-refractivity contribution in [1.82, 2.24) is 24.4 Å². The van der Waals surface area contributed by atoms with Gasteiger partial charge in [0, 0.05) is 18.4 Å². The number of carbonyl (C=O) groups excluding carboxylic acids is 1. The number of fused-ring (bicyclic) bond motifs is 1. The number of hydrogen-bond donors (Lipinski definition) is 1. The highest BCUT2D eigenvalue weighted by atomic mass is 32.2. The Morgan fingerprint density at radius 3 is 3.04 bits per heavy atom. The molecule has 1 saturated heterocycles. The normalized spacial score (nSPS) is 20.5. The number of ether oxygens (including phenoxy) is 1. The highest BCUT2D eigenvalue weighted by Crippen LogP contribution is 2.32. The molecule has 140 valence electrons. The van der Waals surface area contributed by atoms with Crippen molar-refractivity contribution in [3.05, 3.63) is 24.8 Å². The summed E-state index contributed by atoms with van der Waals surface area (Å²) in [7, 11) is 3.88. The molecule has 0 aromatic carbocycles. The van der Waals surface area contributed by atoms with Gasteiger partial charge in [-0.25, -0.2) is 15.0 Å². The third-order valence-electron chi connectivity index (χ3n) is 4.09. The molecular weight excluding hydrogens is 352 g/mol. The Bertz CT molecular complexity index is 791. The van der Waals surface area contributed by atoms with E-state index in [2.05, 4.69) is 26.5 Å². The molecule has 1 aliphatic heterocycles. The lowest BCUT2D eigenvalue weighted by atomic mass is 10.2. The second-order valence-corrected chi connectivity index (χ2v) is 7.36. The summed E-state index contributed by atoms with van der Waals surface area (Å²) in [5.41, 5.74) is 1.24. The van der Waals surface area contributed by atoms with Crippen LogP contribution in [0.2, 0.25) is 0 Å². The highest BCUT2D eigenvalue weighted by molar-refractivity contribution is 7.98. The Labute approximate surface area is 157 Å². The van der Waals surface area contributed by atoms with Crippen LogP contribution in [0, 0.1) is 0 Å². The number of rotatable bonds is 7. The Kier molecular flexibility index (Phi) is 6.23. The van der Waals surface area contributed by atoms with Gasteiger partial charge in [-0.1, -0.05) is 6.08 Å². The minimum absolute atomic E-state index is 0.0735. The fourth-order valence-electron chi connectivity index (χ4n) is 2.88. The maximum atomic E-state index is 12.1. The first kappa shape index (κ1) is 18.8. The lowest BCUT2D eigenvalue weighted by molar-refractivity contribution is -0.111. The zero-order valence-corrected chi connectivity index (χ0v) is 16.1. The molecule has 0 radical (unpaired) electrons. The third kappa shape index (κ3) is 4.40. The number of thioether (sulfide) groups is 1. The van der Waals surface area contributed by atoms with Crippen LogP contribution < -0.4 is 5.32 Å². The molecule has 3 heterocycles. The SMILES string of the molecule is CSCC1CCC(n2cnc3c(NC(=O)/C=C/CN(C)C)ncnc32)O1. The molecule has 0 saturated carbocycles. The molecule has 0 bridgehead atoms. The summed E-state index contributed by atoms with van der Waals surface area (Å²) in [6.45, 7) is 0.692. The van der Waals surface area contributed by atoms with Crippen molar-refractivity contribution in [2.45, 2.75) is 25.2 Å². The van der Waals surface area contributed by atoms with Crippen molar-refractivity contribution >= 4 is 34.7 Å². The van der Waals surface area contributed by atoms with Crippen molar-refractivity contribution < 1.29 is 9.53 Å². The molecular formula is C17H24N6O2S. The minimum Gasteiger partial charge on any atom is -0.354 e. The number of hydrogen-bond acceptors (Lipinski definition) is 7. The second kappa shape index (κ2) is 8.61. The van der Waals surface area contributed by atoms with Gasteiger partial charge in [0.1, 0.15) is 12.6 Å². The van der Waals surface area contributed by atoms with Gasteiger partial charge in [0.05, 0.1) is 12.4 Å². The first-order valence-electron chi connectivity index (χ1n) is 8.52. The van der Waals surface area contributed by atoms with Gasteiger partial charge >= 0.3 is 0 Å². The van der Waals surface area contributed by atoms with E-state index in [9.17, 15) is 4.79 Å². The lowest BCUT2D eigenvalue weighted by Gasteiger charge is -2.14. The van der Waals surface area contributed by atoms with Crippen LogP contribution in [-0.2, 0) is 9.53 Å². The second-order valence-electron chi connectivity index (χ2n) is 6.45. The average molecular weight is 376 g/mol. The molecule has 2 aromatic heterocycles. The van der Waals surface area contributed by atoms with Crippen LogP contribution >= 0.6 is 11.8 Å². The van der Waals surface area contributed by atoms with Crippen molar-refractivity contribution in [2.75, 3.05) is 38.0 Å². The van der Waals surface area contributed by atoms with Gasteiger partial charge in [-0.15, -0.1) is 0 Å². The first-order chi connectivity index (χ1) is 12.6. The Hall–Kier alpha value is -1.97. The number of nitrogens with zero attached hydrogens (tertiary/aromatic N) is 5. The number of aromatic nitrogens is 4. The van der Waals surface area contributed by atoms with E-state index >= 15 is 0 Å². The predicted molar refractivity (Wildman–Crippen MR) is 103 cm³/mol. The highest BCUT2D eigenvalue weighted by Gasteiger charge is 2.28. The van der Waals surface area contributed by atoms with Crippen molar-refractivity contribution in [1.29, 1.82) is 0 Å². The summed E-state index contributed by atoms with van der Waals surface area (Å²) in [6.07, 6.45) is 10.7. The van der Waals surface area contributed by atoms with Crippen LogP contribution in [0.4, 0.5) is 5.82 Å². The van der Waals surface area contributed by atoms with E-state index in [4.69, 9.17) is 4.74 Å². The van der Waals surface area contributed by atoms with E-state index < -0.39 is 0 Å². The number of carbonyl (C=O) groups is 1. The van der Waals surface area contributed by atoms with Crippen molar-refractivity contribution in [2.24, 2.45) is 0 Å². The minimum atomic E-state index is -0.237. The molecule has 1 N–H and O–H groups in total. The van der Waals surface area contributed by atoms with E-state index in [0.29, 0.717) is 23.5 Å². The Morgan fingerprint density at radius 2 is 2.27 bits per heavy atom. The summed E-state index contributed by atoms with van der Waals surface area (Å²) < 4.78 is 8.01. The predicted octanol–water partition coefficient (Wildman–Crippen LogP) is 1.92. The fraction of sp³-hybridized carbons (Fsp3) is 0.529. The maximum Gasteiger partial charge on any atom is 0.249 e. The standard InChI is InChI=1S/C17H24N6O2S/c1-22(2)8-4-5-13(24)21-16-15-17(19-10-18-16)23(11-20-15)14-7-6-12(25-14)9-26-3/h4-5,10-12,14H,6-9H2,1-3H3,(H,18,19,21,24)/b5-4+. The molecule has 2 aromatic rings. The molecule has 1 aliphatic rings. The number of likely N-dealkylation sites (N-methyl/N-ethyl adjacent to an activating group) is 1. The molecule has 1 fully saturated rings. The summed E-state index contributed by atoms with van der Waals surface area (Å²) in [4.78, 5) is 27.0. The maximum absolute atomic E-state index is 12.1. The van der Waals surface area contributed by atoms with Gasteiger partial charge < -0.3 is 15.0 Å². The average Bonchev–Trinajstić information content (AvgIpc) is 3.22. The van der Waals surface area contributed by atoms with Crippen LogP contribution in [-0.4, -0.2) is 69.1 Å². The number of amides is 1. The molecule has 8 nitrogen and oxygen atoms in total. The summed E-state index contributed by atoms with van der Waals surface area (Å²) in [5.74, 6) is 1.16. The van der Waals surface area contributed by atoms with Crippen LogP contribution in [0.25, 0.3) is 11.2 Å². The lowest BCUT2D eigenvalue weighted by Crippen LogP contribution is -2.14. The van der Waals surface area contributed by atoms with Crippen molar-refractivity contribution in [3.63, 3.8) is 0 Å². The zero-order valence-electron chi connectivity index (χ0n) is 15.3. The van der Waals surface area contributed by atoms with E-state index in [0.717, 1.165) is 18.6 Å². The van der Waals surface area contributed by atoms with Crippen LogP contribution in [0.1, 0.15) is 19.1 Å². The van der Waals surface area contributed by atoms with E-state index in [1.54, 1.807) is 24.2 Å². The summed E-state index contributed by atoms with van der Waals surface area (Å²) in [6, 6.07) is 0. The molecule has 2 unspecified atom stereocenters. The molecule has 0 aliphatic carbocycles. The molecule has 2 atom stereocenters. The Balaban J connectivity index is 1.75. The number of anilines is 1. The van der Waals surface area contributed by atoms with E-state index in [-0.39, 0.29) is 18.2 Å². The quantitative estimate of drug-likeness (QED) is 0.739. The summed E-state index contributed by atoms with van der Waals surface area (Å²) in [5, 5.41) is 2.78. The fourth-order valence-corrected chi connectivity index (χ4v) is 3.50. The molecule has 9 heteroatoms. The van der Waals surface area contributed by atoms with Crippen LogP contribution in [0.5, 0.6) is 0 Å². The smallest absolute Gasteiger partial charge is 0.249 e. The van der Waals surface area contributed by atoms with Gasteiger partial charge in [-0.05, 0) is 33.2 Å². The van der Waals surface area contributed by atoms with Gasteiger partial charge in [-0.2, -0.15) is 11.8 Å². The van der Waals surface area contributed by atoms with Gasteiger partial charge in [-0.3, -0.25) is 9.36 Å². The van der Waals surface area contributed by atoms with Crippen LogP contribution in [0.15, 0.2) is 24.8 Å². The molecule has 3 rings (SSSR count). The van der Waals surface area contributed by atoms with Gasteiger partial charge in [0.25, 0.3) is 0 Å². The van der Waals surface area contributed by atoms with Gasteiger partial charge in [0.15, 0.2) is 17.0 Å². The van der Waals surface area contributed by atoms with E-state index in [1.807, 2.05) is 23.6 Å².